The molecule has 2 aromatic rings. The van der Waals surface area contributed by atoms with Crippen molar-refractivity contribution in [2.45, 2.75) is 39.0 Å². The Morgan fingerprint density at radius 2 is 2.18 bits per heavy atom. The molecule has 3 rings (SSSR count). The van der Waals surface area contributed by atoms with E-state index in [-0.39, 0.29) is 11.9 Å². The zero-order valence-electron chi connectivity index (χ0n) is 13.0. The van der Waals surface area contributed by atoms with E-state index in [1.165, 1.54) is 0 Å². The molecule has 0 fully saturated rings. The van der Waals surface area contributed by atoms with Gasteiger partial charge in [0.1, 0.15) is 5.82 Å². The van der Waals surface area contributed by atoms with E-state index in [0.717, 1.165) is 36.5 Å². The van der Waals surface area contributed by atoms with Crippen molar-refractivity contribution in [1.29, 1.82) is 0 Å². The van der Waals surface area contributed by atoms with E-state index >= 15 is 0 Å². The summed E-state index contributed by atoms with van der Waals surface area (Å²) in [6.07, 6.45) is 3.89. The molecule has 1 N–H and O–H groups in total. The Kier molecular flexibility index (Phi) is 4.24. The molecule has 5 nitrogen and oxygen atoms in total. The maximum atomic E-state index is 12.3. The van der Waals surface area contributed by atoms with Gasteiger partial charge in [-0.05, 0) is 31.0 Å². The van der Waals surface area contributed by atoms with Crippen LogP contribution in [0.25, 0.3) is 0 Å². The monoisotopic (exact) mass is 299 g/mol. The Balaban J connectivity index is 1.62. The molecular formula is C17H21N3O2. The first-order valence-corrected chi connectivity index (χ1v) is 7.57. The molecule has 2 heterocycles. The molecule has 5 heteroatoms. The highest BCUT2D eigenvalue weighted by molar-refractivity contribution is 5.94. The third kappa shape index (κ3) is 3.20. The number of aryl methyl sites for hydroxylation is 2. The molecule has 1 amide bonds. The molecular weight excluding hydrogens is 278 g/mol. The van der Waals surface area contributed by atoms with Crippen LogP contribution in [0.4, 0.5) is 0 Å². The molecule has 116 valence electrons. The minimum absolute atomic E-state index is 0.0192. The molecule has 1 aromatic carbocycles. The minimum Gasteiger partial charge on any atom is -0.380 e. The summed E-state index contributed by atoms with van der Waals surface area (Å²) in [5.74, 6) is 1.10. The number of benzene rings is 1. The van der Waals surface area contributed by atoms with Crippen molar-refractivity contribution in [3.8, 4) is 0 Å². The molecule has 0 spiro atoms. The minimum atomic E-state index is -0.0192. The fourth-order valence-electron chi connectivity index (χ4n) is 2.89. The Morgan fingerprint density at radius 1 is 1.41 bits per heavy atom. The summed E-state index contributed by atoms with van der Waals surface area (Å²) >= 11 is 0. The highest BCUT2D eigenvalue weighted by Crippen LogP contribution is 2.15. The number of imidazole rings is 1. The van der Waals surface area contributed by atoms with Crippen LogP contribution in [-0.2, 0) is 24.3 Å². The molecule has 0 aliphatic carbocycles. The van der Waals surface area contributed by atoms with Crippen molar-refractivity contribution in [3.63, 3.8) is 0 Å². The van der Waals surface area contributed by atoms with E-state index in [1.54, 1.807) is 7.11 Å². The summed E-state index contributed by atoms with van der Waals surface area (Å²) in [4.78, 5) is 16.8. The standard InChI is InChI=1S/C17H21N3O2/c1-12-9-20-10-15(7-8-16(20)18-12)19-17(21)14-5-3-13(4-6-14)11-22-2/h3-6,9,15H,7-8,10-11H2,1-2H3,(H,19,21)/t15-/m0/s1. The van der Waals surface area contributed by atoms with Crippen LogP contribution in [0.3, 0.4) is 0 Å². The van der Waals surface area contributed by atoms with Crippen molar-refractivity contribution in [3.05, 3.63) is 53.1 Å². The normalized spacial score (nSPS) is 17.1. The molecule has 1 aliphatic heterocycles. The predicted octanol–water partition coefficient (Wildman–Crippen LogP) is 2.08. The first-order valence-electron chi connectivity index (χ1n) is 7.57. The van der Waals surface area contributed by atoms with Gasteiger partial charge in [-0.2, -0.15) is 0 Å². The first-order chi connectivity index (χ1) is 10.7. The first kappa shape index (κ1) is 14.8. The van der Waals surface area contributed by atoms with Gasteiger partial charge in [0.25, 0.3) is 5.91 Å². The van der Waals surface area contributed by atoms with Crippen molar-refractivity contribution in [2.24, 2.45) is 0 Å². The van der Waals surface area contributed by atoms with Crippen LogP contribution in [-0.4, -0.2) is 28.6 Å². The maximum Gasteiger partial charge on any atom is 0.251 e. The van der Waals surface area contributed by atoms with E-state index in [4.69, 9.17) is 4.74 Å². The smallest absolute Gasteiger partial charge is 0.251 e. The second-order valence-corrected chi connectivity index (χ2v) is 5.79. The van der Waals surface area contributed by atoms with Crippen molar-refractivity contribution in [2.75, 3.05) is 7.11 Å². The SMILES string of the molecule is COCc1ccc(C(=O)N[C@H]2CCc3nc(C)cn3C2)cc1. The van der Waals surface area contributed by atoms with E-state index in [1.807, 2.05) is 37.4 Å². The van der Waals surface area contributed by atoms with Gasteiger partial charge in [-0.25, -0.2) is 4.98 Å². The average Bonchev–Trinajstić information content (AvgIpc) is 2.87. The molecule has 0 saturated carbocycles. The van der Waals surface area contributed by atoms with Crippen LogP contribution in [0.2, 0.25) is 0 Å². The van der Waals surface area contributed by atoms with Crippen molar-refractivity contribution >= 4 is 5.91 Å². The number of nitrogens with zero attached hydrogens (tertiary/aromatic N) is 2. The van der Waals surface area contributed by atoms with Gasteiger partial charge in [0, 0.05) is 37.9 Å². The van der Waals surface area contributed by atoms with Gasteiger partial charge in [0.2, 0.25) is 0 Å². The molecule has 0 saturated heterocycles. The zero-order chi connectivity index (χ0) is 15.5. The summed E-state index contributed by atoms with van der Waals surface area (Å²) < 4.78 is 7.22. The Labute approximate surface area is 130 Å². The number of amides is 1. The van der Waals surface area contributed by atoms with Gasteiger partial charge in [0.15, 0.2) is 0 Å². The fraction of sp³-hybridized carbons (Fsp3) is 0.412. The number of aromatic nitrogens is 2. The molecule has 0 radical (unpaired) electrons. The van der Waals surface area contributed by atoms with Gasteiger partial charge in [-0.3, -0.25) is 4.79 Å². The lowest BCUT2D eigenvalue weighted by atomic mass is 10.1. The van der Waals surface area contributed by atoms with Crippen LogP contribution in [0, 0.1) is 6.92 Å². The summed E-state index contributed by atoms with van der Waals surface area (Å²) in [7, 11) is 1.66. The molecule has 1 aromatic heterocycles. The predicted molar refractivity (Wildman–Crippen MR) is 83.7 cm³/mol. The second-order valence-electron chi connectivity index (χ2n) is 5.79. The van der Waals surface area contributed by atoms with Crippen LogP contribution in [0.15, 0.2) is 30.5 Å². The number of nitrogens with one attached hydrogen (secondary N) is 1. The van der Waals surface area contributed by atoms with Gasteiger partial charge in [-0.1, -0.05) is 12.1 Å². The topological polar surface area (TPSA) is 56.1 Å². The molecule has 1 aliphatic rings. The lowest BCUT2D eigenvalue weighted by Gasteiger charge is -2.24. The Hall–Kier alpha value is -2.14. The second kappa shape index (κ2) is 6.32. The van der Waals surface area contributed by atoms with Crippen LogP contribution < -0.4 is 5.32 Å². The highest BCUT2D eigenvalue weighted by Gasteiger charge is 2.21. The van der Waals surface area contributed by atoms with E-state index in [9.17, 15) is 4.79 Å². The molecule has 1 atom stereocenters. The quantitative estimate of drug-likeness (QED) is 0.940. The average molecular weight is 299 g/mol. The van der Waals surface area contributed by atoms with E-state index < -0.39 is 0 Å². The number of ether oxygens (including phenoxy) is 1. The van der Waals surface area contributed by atoms with Crippen LogP contribution in [0.1, 0.15) is 33.9 Å². The third-order valence-corrected chi connectivity index (χ3v) is 3.98. The molecule has 0 bridgehead atoms. The lowest BCUT2D eigenvalue weighted by Crippen LogP contribution is -2.40. The summed E-state index contributed by atoms with van der Waals surface area (Å²) in [6.45, 7) is 3.36. The number of fused-ring (bicyclic) bond motifs is 1. The maximum absolute atomic E-state index is 12.3. The number of carbonyl (C=O) groups is 1. The number of carbonyl (C=O) groups excluding carboxylic acids is 1. The Morgan fingerprint density at radius 3 is 2.91 bits per heavy atom. The van der Waals surface area contributed by atoms with Gasteiger partial charge >= 0.3 is 0 Å². The number of hydrogen-bond donors (Lipinski definition) is 1. The molecule has 0 unspecified atom stereocenters. The number of rotatable bonds is 4. The largest absolute Gasteiger partial charge is 0.380 e. The van der Waals surface area contributed by atoms with Crippen molar-refractivity contribution in [1.82, 2.24) is 14.9 Å². The van der Waals surface area contributed by atoms with Crippen molar-refractivity contribution < 1.29 is 9.53 Å². The third-order valence-electron chi connectivity index (χ3n) is 3.98. The number of methoxy groups -OCH3 is 1. The Bertz CT molecular complexity index is 661. The van der Waals surface area contributed by atoms with E-state index in [2.05, 4.69) is 14.9 Å². The van der Waals surface area contributed by atoms with E-state index in [0.29, 0.717) is 12.2 Å². The highest BCUT2D eigenvalue weighted by atomic mass is 16.5. The van der Waals surface area contributed by atoms with Crippen LogP contribution in [0.5, 0.6) is 0 Å². The summed E-state index contributed by atoms with van der Waals surface area (Å²) in [6, 6.07) is 7.71. The van der Waals surface area contributed by atoms with Crippen LogP contribution >= 0.6 is 0 Å². The molecule has 22 heavy (non-hydrogen) atoms. The summed E-state index contributed by atoms with van der Waals surface area (Å²) in [5.41, 5.74) is 2.79. The zero-order valence-corrected chi connectivity index (χ0v) is 13.0. The van der Waals surface area contributed by atoms with Gasteiger partial charge in [0.05, 0.1) is 12.3 Å². The van der Waals surface area contributed by atoms with Gasteiger partial charge in [-0.15, -0.1) is 0 Å². The lowest BCUT2D eigenvalue weighted by molar-refractivity contribution is 0.0927. The fourth-order valence-corrected chi connectivity index (χ4v) is 2.89. The number of hydrogen-bond acceptors (Lipinski definition) is 3. The van der Waals surface area contributed by atoms with Gasteiger partial charge < -0.3 is 14.6 Å². The summed E-state index contributed by atoms with van der Waals surface area (Å²) in [5, 5.41) is 3.12.